The second kappa shape index (κ2) is 7.45. The van der Waals surface area contributed by atoms with Crippen LogP contribution in [0.15, 0.2) is 36.4 Å². The summed E-state index contributed by atoms with van der Waals surface area (Å²) in [6.45, 7) is 5.16. The molecule has 7 heteroatoms. The molecule has 0 aromatic heterocycles. The van der Waals surface area contributed by atoms with Crippen molar-refractivity contribution in [3.05, 3.63) is 58.1 Å². The number of amides is 1. The van der Waals surface area contributed by atoms with Crippen molar-refractivity contribution in [3.8, 4) is 0 Å². The summed E-state index contributed by atoms with van der Waals surface area (Å²) in [7, 11) is -3.62. The summed E-state index contributed by atoms with van der Waals surface area (Å²) in [6.07, 6.45) is 1.10. The highest BCUT2D eigenvalue weighted by Gasteiger charge is 2.24. The number of para-hydroxylation sites is 1. The van der Waals surface area contributed by atoms with Crippen LogP contribution in [0.2, 0.25) is 5.02 Å². The Morgan fingerprint density at radius 1 is 1.08 bits per heavy atom. The highest BCUT2D eigenvalue weighted by molar-refractivity contribution is 7.92. The maximum Gasteiger partial charge on any atom is 0.245 e. The Morgan fingerprint density at radius 2 is 1.68 bits per heavy atom. The summed E-state index contributed by atoms with van der Waals surface area (Å²) in [6, 6.07) is 10.6. The highest BCUT2D eigenvalue weighted by Crippen LogP contribution is 2.27. The van der Waals surface area contributed by atoms with E-state index in [2.05, 4.69) is 5.32 Å². The zero-order valence-corrected chi connectivity index (χ0v) is 16.2. The lowest BCUT2D eigenvalue weighted by molar-refractivity contribution is -0.114. The Kier molecular flexibility index (Phi) is 5.75. The maximum atomic E-state index is 12.5. The summed E-state index contributed by atoms with van der Waals surface area (Å²) in [4.78, 5) is 12.5. The van der Waals surface area contributed by atoms with Gasteiger partial charge in [0.25, 0.3) is 0 Å². The van der Waals surface area contributed by atoms with Crippen LogP contribution in [0.25, 0.3) is 0 Å². The number of rotatable bonds is 5. The minimum absolute atomic E-state index is 0.299. The molecule has 0 saturated heterocycles. The molecule has 1 amide bonds. The summed E-state index contributed by atoms with van der Waals surface area (Å²) in [5, 5.41) is 3.32. The first-order valence-corrected chi connectivity index (χ1v) is 9.92. The summed E-state index contributed by atoms with van der Waals surface area (Å²) < 4.78 is 25.7. The van der Waals surface area contributed by atoms with Gasteiger partial charge in [0, 0.05) is 10.7 Å². The zero-order chi connectivity index (χ0) is 18.8. The zero-order valence-electron chi connectivity index (χ0n) is 14.6. The van der Waals surface area contributed by atoms with Gasteiger partial charge in [-0.15, -0.1) is 0 Å². The van der Waals surface area contributed by atoms with Crippen molar-refractivity contribution >= 4 is 38.9 Å². The molecule has 2 aromatic carbocycles. The van der Waals surface area contributed by atoms with E-state index in [-0.39, 0.29) is 6.54 Å². The van der Waals surface area contributed by atoms with E-state index >= 15 is 0 Å². The predicted octanol–water partition coefficient (Wildman–Crippen LogP) is 3.67. The third-order valence-corrected chi connectivity index (χ3v) is 5.19. The van der Waals surface area contributed by atoms with Crippen LogP contribution in [0.1, 0.15) is 16.7 Å². The molecule has 0 radical (unpaired) electrons. The number of benzene rings is 2. The van der Waals surface area contributed by atoms with Crippen LogP contribution in [0.5, 0.6) is 0 Å². The first-order chi connectivity index (χ1) is 11.6. The molecule has 0 spiro atoms. The first kappa shape index (κ1) is 19.3. The smallest absolute Gasteiger partial charge is 0.245 e. The highest BCUT2D eigenvalue weighted by atomic mass is 35.5. The molecule has 2 rings (SSSR count). The number of halogens is 1. The number of nitrogens with one attached hydrogen (secondary N) is 1. The van der Waals surface area contributed by atoms with Gasteiger partial charge in [-0.3, -0.25) is 9.10 Å². The molecule has 5 nitrogen and oxygen atoms in total. The van der Waals surface area contributed by atoms with Gasteiger partial charge in [-0.1, -0.05) is 29.8 Å². The van der Waals surface area contributed by atoms with Gasteiger partial charge in [0.05, 0.1) is 11.9 Å². The molecule has 0 aliphatic carbocycles. The Hall–Kier alpha value is -2.05. The lowest BCUT2D eigenvalue weighted by Crippen LogP contribution is -2.38. The molecule has 0 atom stereocenters. The van der Waals surface area contributed by atoms with Gasteiger partial charge in [0.15, 0.2) is 0 Å². The quantitative estimate of drug-likeness (QED) is 0.860. The minimum Gasteiger partial charge on any atom is -0.324 e. The Balaban J connectivity index is 2.31. The van der Waals surface area contributed by atoms with Crippen LogP contribution in [-0.4, -0.2) is 27.1 Å². The third-order valence-electron chi connectivity index (χ3n) is 3.84. The molecule has 0 bridgehead atoms. The SMILES string of the molecule is Cc1cc(Cl)ccc1NC(=O)CN(c1c(C)cccc1C)S(C)(=O)=O. The van der Waals surface area contributed by atoms with E-state index in [0.29, 0.717) is 16.4 Å². The fourth-order valence-corrected chi connectivity index (χ4v) is 3.85. The van der Waals surface area contributed by atoms with Crippen LogP contribution in [0, 0.1) is 20.8 Å². The van der Waals surface area contributed by atoms with Crippen molar-refractivity contribution in [2.75, 3.05) is 22.4 Å². The number of anilines is 2. The molecule has 0 unspecified atom stereocenters. The fourth-order valence-electron chi connectivity index (χ4n) is 2.65. The van der Waals surface area contributed by atoms with Gasteiger partial charge in [0.2, 0.25) is 15.9 Å². The van der Waals surface area contributed by atoms with Gasteiger partial charge in [-0.25, -0.2) is 8.42 Å². The fraction of sp³-hybridized carbons (Fsp3) is 0.278. The van der Waals surface area contributed by atoms with Crippen molar-refractivity contribution in [2.24, 2.45) is 0 Å². The second-order valence-corrected chi connectivity index (χ2v) is 8.36. The van der Waals surface area contributed by atoms with E-state index in [0.717, 1.165) is 27.3 Å². The number of sulfonamides is 1. The molecule has 0 aliphatic rings. The van der Waals surface area contributed by atoms with Crippen molar-refractivity contribution in [1.82, 2.24) is 0 Å². The molecular weight excluding hydrogens is 360 g/mol. The number of hydrogen-bond acceptors (Lipinski definition) is 3. The molecule has 25 heavy (non-hydrogen) atoms. The summed E-state index contributed by atoms with van der Waals surface area (Å²) >= 11 is 5.91. The van der Waals surface area contributed by atoms with Gasteiger partial charge < -0.3 is 5.32 Å². The molecule has 134 valence electrons. The standard InChI is InChI=1S/C18H21ClN2O3S/c1-12-6-5-7-13(2)18(12)21(25(4,23)24)11-17(22)20-16-9-8-15(19)10-14(16)3/h5-10H,11H2,1-4H3,(H,20,22). The largest absolute Gasteiger partial charge is 0.324 e. The normalized spacial score (nSPS) is 11.2. The van der Waals surface area contributed by atoms with Crippen LogP contribution >= 0.6 is 11.6 Å². The van der Waals surface area contributed by atoms with Crippen molar-refractivity contribution in [2.45, 2.75) is 20.8 Å². The Bertz CT molecular complexity index is 890. The van der Waals surface area contributed by atoms with E-state index in [9.17, 15) is 13.2 Å². The number of hydrogen-bond donors (Lipinski definition) is 1. The molecule has 0 saturated carbocycles. The van der Waals surface area contributed by atoms with E-state index in [1.165, 1.54) is 0 Å². The van der Waals surface area contributed by atoms with Gasteiger partial charge >= 0.3 is 0 Å². The lowest BCUT2D eigenvalue weighted by Gasteiger charge is -2.25. The lowest BCUT2D eigenvalue weighted by atomic mass is 10.1. The molecule has 0 heterocycles. The van der Waals surface area contributed by atoms with Gasteiger partial charge in [-0.05, 0) is 55.7 Å². The number of carbonyl (C=O) groups is 1. The monoisotopic (exact) mass is 380 g/mol. The molecular formula is C18H21ClN2O3S. The van der Waals surface area contributed by atoms with E-state index in [1.807, 2.05) is 39.0 Å². The molecule has 1 N–H and O–H groups in total. The Labute approximate surface area is 153 Å². The summed E-state index contributed by atoms with van der Waals surface area (Å²) in [5.41, 5.74) is 3.53. The maximum absolute atomic E-state index is 12.5. The van der Waals surface area contributed by atoms with E-state index in [4.69, 9.17) is 11.6 Å². The molecule has 0 aliphatic heterocycles. The average Bonchev–Trinajstić information content (AvgIpc) is 2.48. The number of carbonyl (C=O) groups excluding carboxylic acids is 1. The van der Waals surface area contributed by atoms with E-state index < -0.39 is 15.9 Å². The van der Waals surface area contributed by atoms with Crippen molar-refractivity contribution in [1.29, 1.82) is 0 Å². The number of nitrogens with zero attached hydrogens (tertiary/aromatic N) is 1. The summed E-state index contributed by atoms with van der Waals surface area (Å²) in [5.74, 6) is -0.418. The third kappa shape index (κ3) is 4.74. The van der Waals surface area contributed by atoms with Crippen molar-refractivity contribution < 1.29 is 13.2 Å². The van der Waals surface area contributed by atoms with Crippen LogP contribution < -0.4 is 9.62 Å². The van der Waals surface area contributed by atoms with Crippen LogP contribution in [0.4, 0.5) is 11.4 Å². The molecule has 2 aromatic rings. The topological polar surface area (TPSA) is 66.5 Å². The second-order valence-electron chi connectivity index (χ2n) is 6.02. The van der Waals surface area contributed by atoms with E-state index in [1.54, 1.807) is 18.2 Å². The molecule has 0 fully saturated rings. The Morgan fingerprint density at radius 3 is 2.20 bits per heavy atom. The average molecular weight is 381 g/mol. The minimum atomic E-state index is -3.62. The van der Waals surface area contributed by atoms with Crippen LogP contribution in [-0.2, 0) is 14.8 Å². The van der Waals surface area contributed by atoms with Crippen LogP contribution in [0.3, 0.4) is 0 Å². The number of aryl methyl sites for hydroxylation is 3. The van der Waals surface area contributed by atoms with Gasteiger partial charge in [-0.2, -0.15) is 0 Å². The van der Waals surface area contributed by atoms with Crippen molar-refractivity contribution in [3.63, 3.8) is 0 Å². The first-order valence-electron chi connectivity index (χ1n) is 7.69. The van der Waals surface area contributed by atoms with Gasteiger partial charge in [0.1, 0.15) is 6.54 Å². The predicted molar refractivity (Wildman–Crippen MR) is 103 cm³/mol.